The van der Waals surface area contributed by atoms with Gasteiger partial charge in [0.05, 0.1) is 12.7 Å². The minimum Gasteiger partial charge on any atom is -0.350 e. The molecule has 0 aromatic rings. The van der Waals surface area contributed by atoms with Crippen molar-refractivity contribution in [2.24, 2.45) is 5.92 Å². The summed E-state index contributed by atoms with van der Waals surface area (Å²) in [5.41, 5.74) is 0. The van der Waals surface area contributed by atoms with E-state index in [1.165, 1.54) is 19.3 Å². The highest BCUT2D eigenvalue weighted by atomic mass is 16.7. The molecule has 1 aliphatic carbocycles. The number of hydrogen-bond donors (Lipinski definition) is 0. The van der Waals surface area contributed by atoms with E-state index in [4.69, 9.17) is 9.47 Å². The van der Waals surface area contributed by atoms with E-state index >= 15 is 0 Å². The zero-order valence-corrected chi connectivity index (χ0v) is 8.42. The standard InChI is InChI=1S/C11H19O2/c1-9-8-12-11(13-10(9)2)6-4-3-5-7-11/h9-10H,1,3-8H2,2H3. The van der Waals surface area contributed by atoms with Crippen molar-refractivity contribution in [1.29, 1.82) is 0 Å². The van der Waals surface area contributed by atoms with Crippen LogP contribution in [0.3, 0.4) is 0 Å². The molecule has 75 valence electrons. The third kappa shape index (κ3) is 1.89. The molecule has 0 N–H and O–H groups in total. The van der Waals surface area contributed by atoms with Gasteiger partial charge in [0.2, 0.25) is 0 Å². The molecular weight excluding hydrogens is 164 g/mol. The van der Waals surface area contributed by atoms with Crippen molar-refractivity contribution in [1.82, 2.24) is 0 Å². The van der Waals surface area contributed by atoms with Crippen LogP contribution in [0.15, 0.2) is 0 Å². The molecule has 2 aliphatic rings. The molecule has 2 atom stereocenters. The minimum absolute atomic E-state index is 0.230. The Kier molecular flexibility index (Phi) is 2.61. The summed E-state index contributed by atoms with van der Waals surface area (Å²) in [6.45, 7) is 6.88. The Hall–Kier alpha value is -0.0800. The second-order valence-electron chi connectivity index (χ2n) is 4.37. The second-order valence-corrected chi connectivity index (χ2v) is 4.37. The van der Waals surface area contributed by atoms with Gasteiger partial charge in [-0.2, -0.15) is 0 Å². The fraction of sp³-hybridized carbons (Fsp3) is 0.909. The van der Waals surface area contributed by atoms with Crippen LogP contribution >= 0.6 is 0 Å². The number of hydrogen-bond acceptors (Lipinski definition) is 2. The Bertz CT molecular complexity index is 173. The average Bonchev–Trinajstić information content (AvgIpc) is 2.14. The predicted octanol–water partition coefficient (Wildman–Crippen LogP) is 2.53. The highest BCUT2D eigenvalue weighted by molar-refractivity contribution is 4.83. The van der Waals surface area contributed by atoms with Gasteiger partial charge in [-0.15, -0.1) is 0 Å². The van der Waals surface area contributed by atoms with E-state index in [1.54, 1.807) is 0 Å². The van der Waals surface area contributed by atoms with E-state index in [1.807, 2.05) is 0 Å². The van der Waals surface area contributed by atoms with Crippen molar-refractivity contribution < 1.29 is 9.47 Å². The lowest BCUT2D eigenvalue weighted by Crippen LogP contribution is -2.48. The van der Waals surface area contributed by atoms with Gasteiger partial charge in [-0.3, -0.25) is 0 Å². The van der Waals surface area contributed by atoms with E-state index in [9.17, 15) is 0 Å². The maximum absolute atomic E-state index is 5.94. The Labute approximate surface area is 80.6 Å². The molecule has 0 bridgehead atoms. The van der Waals surface area contributed by atoms with Crippen LogP contribution in [0.1, 0.15) is 39.0 Å². The normalized spacial score (nSPS) is 39.2. The monoisotopic (exact) mass is 183 g/mol. The van der Waals surface area contributed by atoms with Gasteiger partial charge in [-0.25, -0.2) is 0 Å². The van der Waals surface area contributed by atoms with Gasteiger partial charge in [0.15, 0.2) is 5.79 Å². The third-order valence-electron chi connectivity index (χ3n) is 3.24. The van der Waals surface area contributed by atoms with Crippen LogP contribution < -0.4 is 0 Å². The molecule has 1 saturated heterocycles. The first-order valence-corrected chi connectivity index (χ1v) is 5.37. The lowest BCUT2D eigenvalue weighted by Gasteiger charge is -2.44. The summed E-state index contributed by atoms with van der Waals surface area (Å²) >= 11 is 0. The fourth-order valence-corrected chi connectivity index (χ4v) is 2.22. The number of ether oxygens (including phenoxy) is 2. The highest BCUT2D eigenvalue weighted by Gasteiger charge is 2.40. The zero-order valence-electron chi connectivity index (χ0n) is 8.42. The predicted molar refractivity (Wildman–Crippen MR) is 51.2 cm³/mol. The van der Waals surface area contributed by atoms with Crippen LogP contribution in [0, 0.1) is 12.8 Å². The summed E-state index contributed by atoms with van der Waals surface area (Å²) in [7, 11) is 0. The van der Waals surface area contributed by atoms with Gasteiger partial charge < -0.3 is 9.47 Å². The molecule has 2 rings (SSSR count). The Morgan fingerprint density at radius 3 is 2.54 bits per heavy atom. The first kappa shape index (κ1) is 9.47. The molecule has 2 fully saturated rings. The largest absolute Gasteiger partial charge is 0.350 e. The summed E-state index contributed by atoms with van der Waals surface area (Å²) in [4.78, 5) is 0. The lowest BCUT2D eigenvalue weighted by molar-refractivity contribution is -0.313. The highest BCUT2D eigenvalue weighted by Crippen LogP contribution is 2.37. The molecular formula is C11H19O2. The van der Waals surface area contributed by atoms with Crippen LogP contribution in [-0.4, -0.2) is 18.5 Å². The molecule has 13 heavy (non-hydrogen) atoms. The van der Waals surface area contributed by atoms with Crippen molar-refractivity contribution in [2.45, 2.75) is 50.9 Å². The van der Waals surface area contributed by atoms with Crippen molar-refractivity contribution in [2.75, 3.05) is 6.61 Å². The van der Waals surface area contributed by atoms with Crippen LogP contribution in [0.4, 0.5) is 0 Å². The van der Waals surface area contributed by atoms with Gasteiger partial charge in [0.1, 0.15) is 0 Å². The van der Waals surface area contributed by atoms with E-state index in [0.29, 0.717) is 5.92 Å². The summed E-state index contributed by atoms with van der Waals surface area (Å²) in [6, 6.07) is 0. The molecule has 0 aromatic heterocycles. The fourth-order valence-electron chi connectivity index (χ4n) is 2.22. The summed E-state index contributed by atoms with van der Waals surface area (Å²) < 4.78 is 11.7. The van der Waals surface area contributed by atoms with E-state index in [0.717, 1.165) is 19.4 Å². The molecule has 1 saturated carbocycles. The van der Waals surface area contributed by atoms with E-state index in [-0.39, 0.29) is 11.9 Å². The van der Waals surface area contributed by atoms with Crippen molar-refractivity contribution in [3.05, 3.63) is 6.92 Å². The van der Waals surface area contributed by atoms with Crippen LogP contribution in [0.25, 0.3) is 0 Å². The van der Waals surface area contributed by atoms with Crippen LogP contribution in [-0.2, 0) is 9.47 Å². The van der Waals surface area contributed by atoms with E-state index in [2.05, 4.69) is 13.8 Å². The Balaban J connectivity index is 1.99. The maximum atomic E-state index is 5.94. The van der Waals surface area contributed by atoms with Crippen LogP contribution in [0.5, 0.6) is 0 Å². The molecule has 2 heteroatoms. The zero-order chi connectivity index (χ0) is 9.31. The Morgan fingerprint density at radius 1 is 1.23 bits per heavy atom. The first-order chi connectivity index (χ1) is 6.22. The lowest BCUT2D eigenvalue weighted by atomic mass is 9.92. The molecule has 0 amide bonds. The summed E-state index contributed by atoms with van der Waals surface area (Å²) in [5.74, 6) is 0.0684. The van der Waals surface area contributed by atoms with Gasteiger partial charge in [0, 0.05) is 18.8 Å². The minimum atomic E-state index is -0.230. The summed E-state index contributed by atoms with van der Waals surface area (Å²) in [5, 5.41) is 0. The number of rotatable bonds is 0. The quantitative estimate of drug-likeness (QED) is 0.574. The SMILES string of the molecule is [CH2]C1COC2(CCCCC2)OC1C. The van der Waals surface area contributed by atoms with E-state index < -0.39 is 0 Å². The van der Waals surface area contributed by atoms with Crippen molar-refractivity contribution in [3.8, 4) is 0 Å². The molecule has 1 radical (unpaired) electrons. The molecule has 1 aliphatic heterocycles. The summed E-state index contributed by atoms with van der Waals surface area (Å²) in [6.07, 6.45) is 6.22. The smallest absolute Gasteiger partial charge is 0.168 e. The average molecular weight is 183 g/mol. The molecule has 2 unspecified atom stereocenters. The first-order valence-electron chi connectivity index (χ1n) is 5.37. The van der Waals surface area contributed by atoms with Crippen molar-refractivity contribution in [3.63, 3.8) is 0 Å². The second kappa shape index (κ2) is 3.58. The molecule has 1 spiro atoms. The van der Waals surface area contributed by atoms with Gasteiger partial charge in [-0.1, -0.05) is 6.42 Å². The maximum Gasteiger partial charge on any atom is 0.168 e. The van der Waals surface area contributed by atoms with Crippen LogP contribution in [0.2, 0.25) is 0 Å². The van der Waals surface area contributed by atoms with Gasteiger partial charge in [-0.05, 0) is 26.7 Å². The van der Waals surface area contributed by atoms with Gasteiger partial charge >= 0.3 is 0 Å². The topological polar surface area (TPSA) is 18.5 Å². The Morgan fingerprint density at radius 2 is 1.92 bits per heavy atom. The molecule has 0 aromatic carbocycles. The molecule has 2 nitrogen and oxygen atoms in total. The molecule has 1 heterocycles. The van der Waals surface area contributed by atoms with Crippen molar-refractivity contribution >= 4 is 0 Å². The third-order valence-corrected chi connectivity index (χ3v) is 3.24. The van der Waals surface area contributed by atoms with Gasteiger partial charge in [0.25, 0.3) is 0 Å².